The lowest BCUT2D eigenvalue weighted by Gasteiger charge is -2.34. The summed E-state index contributed by atoms with van der Waals surface area (Å²) >= 11 is 0. The average molecular weight is 394 g/mol. The highest BCUT2D eigenvalue weighted by molar-refractivity contribution is 5.80. The number of nitrogen functional groups attached to an aromatic ring is 1. The number of carboxylic acid groups (broad SMARTS) is 1. The van der Waals surface area contributed by atoms with Crippen LogP contribution in [0.3, 0.4) is 0 Å². The fourth-order valence-corrected chi connectivity index (χ4v) is 4.02. The van der Waals surface area contributed by atoms with Gasteiger partial charge in [0, 0.05) is 32.0 Å². The number of aromatic nitrogens is 2. The zero-order valence-electron chi connectivity index (χ0n) is 16.7. The molecule has 152 valence electrons. The van der Waals surface area contributed by atoms with Crippen LogP contribution in [0.5, 0.6) is 0 Å². The van der Waals surface area contributed by atoms with Crippen LogP contribution >= 0.6 is 0 Å². The van der Waals surface area contributed by atoms with E-state index in [2.05, 4.69) is 10.5 Å². The molecule has 0 saturated carbocycles. The van der Waals surface area contributed by atoms with E-state index in [0.29, 0.717) is 12.1 Å². The number of hydrogen-bond acceptors (Lipinski definition) is 5. The van der Waals surface area contributed by atoms with Gasteiger partial charge in [0.15, 0.2) is 0 Å². The van der Waals surface area contributed by atoms with Crippen LogP contribution < -0.4 is 21.7 Å². The lowest BCUT2D eigenvalue weighted by molar-refractivity contribution is -0.139. The fraction of sp³-hybridized carbons (Fsp3) is 0.333. The minimum Gasteiger partial charge on any atom is -0.480 e. The number of rotatable bonds is 4. The Kier molecular flexibility index (Phi) is 4.92. The Bertz CT molecular complexity index is 1110. The van der Waals surface area contributed by atoms with Crippen molar-refractivity contribution in [2.24, 2.45) is 19.2 Å². The second-order valence-electron chi connectivity index (χ2n) is 7.48. The van der Waals surface area contributed by atoms with Gasteiger partial charge in [-0.25, -0.2) is 4.79 Å². The van der Waals surface area contributed by atoms with Gasteiger partial charge in [-0.05, 0) is 61.7 Å². The molecule has 2 heterocycles. The summed E-state index contributed by atoms with van der Waals surface area (Å²) < 4.78 is 3.99. The minimum absolute atomic E-state index is 0.450. The zero-order valence-corrected chi connectivity index (χ0v) is 16.7. The first-order valence-electron chi connectivity index (χ1n) is 9.76. The van der Waals surface area contributed by atoms with Crippen molar-refractivity contribution in [1.82, 2.24) is 9.13 Å². The van der Waals surface area contributed by atoms with Crippen molar-refractivity contribution in [3.8, 4) is 0 Å². The predicted molar refractivity (Wildman–Crippen MR) is 115 cm³/mol. The quantitative estimate of drug-likeness (QED) is 0.466. The molecule has 29 heavy (non-hydrogen) atoms. The molecule has 1 aliphatic rings. The van der Waals surface area contributed by atoms with Gasteiger partial charge in [0.25, 0.3) is 0 Å². The molecule has 1 fully saturated rings. The number of benzene rings is 2. The largest absolute Gasteiger partial charge is 0.480 e. The molecule has 4 rings (SSSR count). The van der Waals surface area contributed by atoms with Gasteiger partial charge < -0.3 is 24.9 Å². The maximum atomic E-state index is 11.5. The van der Waals surface area contributed by atoms with Crippen LogP contribution in [-0.4, -0.2) is 32.8 Å². The molecular weight excluding hydrogens is 368 g/mol. The van der Waals surface area contributed by atoms with Crippen LogP contribution in [0.1, 0.15) is 19.3 Å². The SMILES string of the molecule is Cn1c(=NNc2ccc(N3CCCCC3C(=O)O)cc2)n(C)c2cc(N)ccc21. The highest BCUT2D eigenvalue weighted by Crippen LogP contribution is 2.26. The van der Waals surface area contributed by atoms with E-state index in [-0.39, 0.29) is 0 Å². The first kappa shape index (κ1) is 18.9. The molecule has 0 spiro atoms. The first-order chi connectivity index (χ1) is 14.0. The number of anilines is 3. The van der Waals surface area contributed by atoms with Crippen molar-refractivity contribution in [1.29, 1.82) is 0 Å². The van der Waals surface area contributed by atoms with Gasteiger partial charge in [0.05, 0.1) is 16.7 Å². The Balaban J connectivity index is 1.58. The van der Waals surface area contributed by atoms with E-state index in [9.17, 15) is 9.90 Å². The Morgan fingerprint density at radius 1 is 1.10 bits per heavy atom. The van der Waals surface area contributed by atoms with Crippen molar-refractivity contribution < 1.29 is 9.90 Å². The van der Waals surface area contributed by atoms with Crippen molar-refractivity contribution in [3.63, 3.8) is 0 Å². The van der Waals surface area contributed by atoms with Gasteiger partial charge in [-0.2, -0.15) is 0 Å². The number of aryl methyl sites for hydroxylation is 2. The van der Waals surface area contributed by atoms with Gasteiger partial charge in [-0.15, -0.1) is 5.10 Å². The van der Waals surface area contributed by atoms with Crippen molar-refractivity contribution in [2.75, 3.05) is 22.6 Å². The Hall–Kier alpha value is -3.42. The van der Waals surface area contributed by atoms with E-state index < -0.39 is 12.0 Å². The van der Waals surface area contributed by atoms with Gasteiger partial charge in [0.2, 0.25) is 5.62 Å². The van der Waals surface area contributed by atoms with E-state index in [1.54, 1.807) is 0 Å². The molecule has 1 aliphatic heterocycles. The Labute approximate surface area is 168 Å². The van der Waals surface area contributed by atoms with Gasteiger partial charge in [0.1, 0.15) is 6.04 Å². The van der Waals surface area contributed by atoms with Crippen molar-refractivity contribution in [2.45, 2.75) is 25.3 Å². The lowest BCUT2D eigenvalue weighted by atomic mass is 10.0. The Morgan fingerprint density at radius 3 is 2.55 bits per heavy atom. The standard InChI is InChI=1S/C21H26N6O2/c1-25-17-11-6-14(22)13-19(17)26(2)21(25)24-23-15-7-9-16(10-8-15)27-12-4-3-5-18(27)20(28)29/h6-11,13,18,23H,3-5,12,22H2,1-2H3,(H,28,29). The Morgan fingerprint density at radius 2 is 1.83 bits per heavy atom. The van der Waals surface area contributed by atoms with E-state index in [1.807, 2.05) is 70.6 Å². The lowest BCUT2D eigenvalue weighted by Crippen LogP contribution is -2.44. The number of carboxylic acids is 1. The monoisotopic (exact) mass is 394 g/mol. The summed E-state index contributed by atoms with van der Waals surface area (Å²) in [6.07, 6.45) is 2.66. The van der Waals surface area contributed by atoms with E-state index in [1.165, 1.54) is 0 Å². The maximum absolute atomic E-state index is 11.5. The third-order valence-electron chi connectivity index (χ3n) is 5.59. The normalized spacial score (nSPS) is 17.7. The van der Waals surface area contributed by atoms with Gasteiger partial charge in [-0.1, -0.05) is 0 Å². The van der Waals surface area contributed by atoms with Gasteiger partial charge >= 0.3 is 5.97 Å². The van der Waals surface area contributed by atoms with Crippen LogP contribution in [-0.2, 0) is 18.9 Å². The van der Waals surface area contributed by atoms with E-state index in [0.717, 1.165) is 47.4 Å². The molecule has 8 nitrogen and oxygen atoms in total. The number of nitrogens with two attached hydrogens (primary N) is 1. The third kappa shape index (κ3) is 3.53. The second-order valence-corrected chi connectivity index (χ2v) is 7.48. The molecule has 1 atom stereocenters. The fourth-order valence-electron chi connectivity index (χ4n) is 4.02. The third-order valence-corrected chi connectivity index (χ3v) is 5.59. The molecule has 0 aliphatic carbocycles. The summed E-state index contributed by atoms with van der Waals surface area (Å²) in [5, 5.41) is 14.0. The summed E-state index contributed by atoms with van der Waals surface area (Å²) in [6.45, 7) is 0.767. The smallest absolute Gasteiger partial charge is 0.326 e. The number of nitrogens with one attached hydrogen (secondary N) is 1. The summed E-state index contributed by atoms with van der Waals surface area (Å²) in [4.78, 5) is 13.5. The minimum atomic E-state index is -0.759. The molecule has 0 amide bonds. The van der Waals surface area contributed by atoms with Crippen molar-refractivity contribution in [3.05, 3.63) is 48.1 Å². The summed E-state index contributed by atoms with van der Waals surface area (Å²) in [7, 11) is 3.91. The number of piperidine rings is 1. The average Bonchev–Trinajstić information content (AvgIpc) is 2.96. The maximum Gasteiger partial charge on any atom is 0.326 e. The van der Waals surface area contributed by atoms with Crippen LogP contribution in [0.15, 0.2) is 47.6 Å². The zero-order chi connectivity index (χ0) is 20.5. The van der Waals surface area contributed by atoms with E-state index in [4.69, 9.17) is 5.73 Å². The molecule has 1 unspecified atom stereocenters. The van der Waals surface area contributed by atoms with Crippen LogP contribution in [0.4, 0.5) is 17.1 Å². The summed E-state index contributed by atoms with van der Waals surface area (Å²) in [5.74, 6) is -0.759. The molecule has 0 bridgehead atoms. The number of hydrogen-bond donors (Lipinski definition) is 3. The molecule has 3 aromatic rings. The van der Waals surface area contributed by atoms with Crippen LogP contribution in [0, 0.1) is 0 Å². The number of aliphatic carboxylic acids is 1. The molecular formula is C21H26N6O2. The first-order valence-corrected chi connectivity index (χ1v) is 9.76. The van der Waals surface area contributed by atoms with Gasteiger partial charge in [-0.3, -0.25) is 5.43 Å². The van der Waals surface area contributed by atoms with Crippen LogP contribution in [0.25, 0.3) is 11.0 Å². The second kappa shape index (κ2) is 7.54. The predicted octanol–water partition coefficient (Wildman–Crippen LogP) is 2.47. The molecule has 1 aromatic heterocycles. The molecule has 2 aromatic carbocycles. The number of fused-ring (bicyclic) bond motifs is 1. The number of carbonyl (C=O) groups is 1. The highest BCUT2D eigenvalue weighted by Gasteiger charge is 2.28. The number of nitrogens with zero attached hydrogens (tertiary/aromatic N) is 4. The molecule has 4 N–H and O–H groups in total. The summed E-state index contributed by atoms with van der Waals surface area (Å²) in [6, 6.07) is 13.1. The van der Waals surface area contributed by atoms with Crippen molar-refractivity contribution >= 4 is 34.1 Å². The molecule has 1 saturated heterocycles. The van der Waals surface area contributed by atoms with Crippen LogP contribution in [0.2, 0.25) is 0 Å². The highest BCUT2D eigenvalue weighted by atomic mass is 16.4. The molecule has 8 heteroatoms. The number of imidazole rings is 1. The summed E-state index contributed by atoms with van der Waals surface area (Å²) in [5.41, 5.74) is 14.3. The topological polar surface area (TPSA) is 101 Å². The van der Waals surface area contributed by atoms with E-state index >= 15 is 0 Å². The molecule has 0 radical (unpaired) electrons.